The number of carbonyl (C=O) groups excluding carboxylic acids is 1. The fourth-order valence-electron chi connectivity index (χ4n) is 2.59. The molecule has 4 nitrogen and oxygen atoms in total. The number of nitrogens with zero attached hydrogens (tertiary/aromatic N) is 1. The van der Waals surface area contributed by atoms with Gasteiger partial charge in [0.05, 0.1) is 17.1 Å². The van der Waals surface area contributed by atoms with Crippen molar-refractivity contribution in [3.8, 4) is 6.07 Å². The van der Waals surface area contributed by atoms with Crippen LogP contribution >= 0.6 is 0 Å². The summed E-state index contributed by atoms with van der Waals surface area (Å²) in [7, 11) is 0. The quantitative estimate of drug-likeness (QED) is 0.812. The average Bonchev–Trinajstić information content (AvgIpc) is 3.32. The van der Waals surface area contributed by atoms with Crippen LogP contribution in [-0.4, -0.2) is 23.2 Å². The first kappa shape index (κ1) is 17.5. The minimum Gasteiger partial charge on any atom is -0.388 e. The third-order valence-electron chi connectivity index (χ3n) is 4.55. The Morgan fingerprint density at radius 1 is 1.39 bits per heavy atom. The van der Waals surface area contributed by atoms with Gasteiger partial charge in [-0.05, 0) is 56.2 Å². The van der Waals surface area contributed by atoms with Crippen LogP contribution in [-0.2, 0) is 5.41 Å². The van der Waals surface area contributed by atoms with E-state index >= 15 is 0 Å². The lowest BCUT2D eigenvalue weighted by atomic mass is 9.95. The van der Waals surface area contributed by atoms with Gasteiger partial charge in [0.15, 0.2) is 0 Å². The van der Waals surface area contributed by atoms with Gasteiger partial charge in [-0.2, -0.15) is 5.26 Å². The number of hydrogen-bond acceptors (Lipinski definition) is 3. The van der Waals surface area contributed by atoms with Crippen LogP contribution in [0.2, 0.25) is 0 Å². The van der Waals surface area contributed by atoms with Gasteiger partial charge >= 0.3 is 0 Å². The summed E-state index contributed by atoms with van der Waals surface area (Å²) in [5, 5.41) is 22.3. The molecule has 4 heteroatoms. The topological polar surface area (TPSA) is 73.1 Å². The van der Waals surface area contributed by atoms with E-state index in [0.29, 0.717) is 17.9 Å². The van der Waals surface area contributed by atoms with E-state index < -0.39 is 5.60 Å². The second-order valence-corrected chi connectivity index (χ2v) is 7.38. The molecule has 0 spiro atoms. The molecule has 1 aliphatic carbocycles. The summed E-state index contributed by atoms with van der Waals surface area (Å²) in [6.45, 7) is 6.22. The number of carbonyl (C=O) groups is 1. The van der Waals surface area contributed by atoms with Crippen LogP contribution < -0.4 is 5.32 Å². The van der Waals surface area contributed by atoms with E-state index in [0.717, 1.165) is 24.8 Å². The van der Waals surface area contributed by atoms with Crippen molar-refractivity contribution in [2.24, 2.45) is 5.92 Å². The van der Waals surface area contributed by atoms with E-state index in [1.165, 1.54) is 0 Å². The molecule has 1 aromatic rings. The molecule has 0 saturated heterocycles. The second kappa shape index (κ2) is 6.72. The lowest BCUT2D eigenvalue weighted by Crippen LogP contribution is -2.40. The van der Waals surface area contributed by atoms with Crippen molar-refractivity contribution < 1.29 is 9.90 Å². The predicted molar refractivity (Wildman–Crippen MR) is 90.0 cm³/mol. The maximum Gasteiger partial charge on any atom is 0.251 e. The fourth-order valence-corrected chi connectivity index (χ4v) is 2.59. The average molecular weight is 314 g/mol. The molecule has 1 fully saturated rings. The van der Waals surface area contributed by atoms with Crippen molar-refractivity contribution >= 4 is 5.91 Å². The molecular weight excluding hydrogens is 288 g/mol. The van der Waals surface area contributed by atoms with E-state index in [1.54, 1.807) is 19.1 Å². The SMILES string of the molecule is CC(C)CCC(C)(O)CNC(=O)c1ccc(C2(C#N)CC2)cc1. The van der Waals surface area contributed by atoms with Gasteiger partial charge in [-0.3, -0.25) is 4.79 Å². The molecule has 2 rings (SSSR count). The molecule has 0 radical (unpaired) electrons. The molecular formula is C19H26N2O2. The first-order valence-electron chi connectivity index (χ1n) is 8.30. The predicted octanol–water partition coefficient (Wildman–Crippen LogP) is 3.16. The maximum absolute atomic E-state index is 12.2. The minimum atomic E-state index is -0.890. The van der Waals surface area contributed by atoms with Crippen LogP contribution in [0.1, 0.15) is 62.4 Å². The van der Waals surface area contributed by atoms with Gasteiger partial charge in [-0.15, -0.1) is 0 Å². The molecule has 1 saturated carbocycles. The second-order valence-electron chi connectivity index (χ2n) is 7.38. The van der Waals surface area contributed by atoms with Gasteiger partial charge in [-0.25, -0.2) is 0 Å². The summed E-state index contributed by atoms with van der Waals surface area (Å²) >= 11 is 0. The first-order chi connectivity index (χ1) is 10.8. The van der Waals surface area contributed by atoms with Crippen LogP contribution in [0.4, 0.5) is 0 Å². The minimum absolute atomic E-state index is 0.192. The summed E-state index contributed by atoms with van der Waals surface area (Å²) in [4.78, 5) is 12.2. The number of nitrogens with one attached hydrogen (secondary N) is 1. The maximum atomic E-state index is 12.2. The Morgan fingerprint density at radius 3 is 2.48 bits per heavy atom. The fraction of sp³-hybridized carbons (Fsp3) is 0.579. The number of aliphatic hydroxyl groups is 1. The highest BCUT2D eigenvalue weighted by molar-refractivity contribution is 5.94. The van der Waals surface area contributed by atoms with Crippen molar-refractivity contribution in [2.45, 2.75) is 57.5 Å². The third-order valence-corrected chi connectivity index (χ3v) is 4.55. The lowest BCUT2D eigenvalue weighted by Gasteiger charge is -2.24. The Bertz CT molecular complexity index is 593. The van der Waals surface area contributed by atoms with Crippen LogP contribution in [0.3, 0.4) is 0 Å². The molecule has 0 aromatic heterocycles. The number of rotatable bonds is 7. The van der Waals surface area contributed by atoms with Gasteiger partial charge < -0.3 is 10.4 Å². The zero-order chi connectivity index (χ0) is 17.1. The molecule has 1 amide bonds. The normalized spacial score (nSPS) is 18.1. The zero-order valence-corrected chi connectivity index (χ0v) is 14.2. The summed E-state index contributed by atoms with van der Waals surface area (Å²) in [6, 6.07) is 9.59. The summed E-state index contributed by atoms with van der Waals surface area (Å²) < 4.78 is 0. The van der Waals surface area contributed by atoms with E-state index in [1.807, 2.05) is 12.1 Å². The molecule has 23 heavy (non-hydrogen) atoms. The number of hydrogen-bond donors (Lipinski definition) is 2. The van der Waals surface area contributed by atoms with Crippen molar-refractivity contribution in [1.82, 2.24) is 5.32 Å². The van der Waals surface area contributed by atoms with Gasteiger partial charge in [0.1, 0.15) is 0 Å². The Labute approximate surface area is 138 Å². The van der Waals surface area contributed by atoms with Crippen LogP contribution in [0, 0.1) is 17.2 Å². The Hall–Kier alpha value is -1.86. The monoisotopic (exact) mass is 314 g/mol. The van der Waals surface area contributed by atoms with E-state index in [9.17, 15) is 15.2 Å². The summed E-state index contributed by atoms with van der Waals surface area (Å²) in [5.41, 5.74) is 0.330. The van der Waals surface area contributed by atoms with Crippen molar-refractivity contribution in [3.05, 3.63) is 35.4 Å². The molecule has 0 bridgehead atoms. The number of nitriles is 1. The van der Waals surface area contributed by atoms with Crippen molar-refractivity contribution in [3.63, 3.8) is 0 Å². The molecule has 2 N–H and O–H groups in total. The Morgan fingerprint density at radius 2 is 2.00 bits per heavy atom. The molecule has 1 atom stereocenters. The zero-order valence-electron chi connectivity index (χ0n) is 14.2. The lowest BCUT2D eigenvalue weighted by molar-refractivity contribution is 0.0429. The smallest absolute Gasteiger partial charge is 0.251 e. The largest absolute Gasteiger partial charge is 0.388 e. The number of amides is 1. The molecule has 1 aliphatic rings. The van der Waals surface area contributed by atoms with Gasteiger partial charge in [0.2, 0.25) is 0 Å². The van der Waals surface area contributed by atoms with Crippen molar-refractivity contribution in [1.29, 1.82) is 5.26 Å². The highest BCUT2D eigenvalue weighted by atomic mass is 16.3. The molecule has 0 aliphatic heterocycles. The Kier molecular flexibility index (Phi) is 5.11. The van der Waals surface area contributed by atoms with Gasteiger partial charge in [0.25, 0.3) is 5.91 Å². The Balaban J connectivity index is 1.90. The van der Waals surface area contributed by atoms with Crippen LogP contribution in [0.15, 0.2) is 24.3 Å². The molecule has 124 valence electrons. The van der Waals surface area contributed by atoms with E-state index in [4.69, 9.17) is 0 Å². The standard InChI is InChI=1S/C19H26N2O2/c1-14(2)8-9-18(3,23)13-21-17(22)15-4-6-16(7-5-15)19(12-20)10-11-19/h4-7,14,23H,8-11,13H2,1-3H3,(H,21,22). The summed E-state index contributed by atoms with van der Waals surface area (Å²) in [6.07, 6.45) is 3.38. The van der Waals surface area contributed by atoms with E-state index in [-0.39, 0.29) is 17.9 Å². The third kappa shape index (κ3) is 4.56. The molecule has 0 heterocycles. The summed E-state index contributed by atoms with van der Waals surface area (Å²) in [5.74, 6) is 0.336. The highest BCUT2D eigenvalue weighted by Gasteiger charge is 2.44. The van der Waals surface area contributed by atoms with Gasteiger partial charge in [-0.1, -0.05) is 26.0 Å². The highest BCUT2D eigenvalue weighted by Crippen LogP contribution is 2.47. The van der Waals surface area contributed by atoms with Crippen LogP contribution in [0.25, 0.3) is 0 Å². The molecule has 1 aromatic carbocycles. The van der Waals surface area contributed by atoms with E-state index in [2.05, 4.69) is 25.2 Å². The number of benzene rings is 1. The van der Waals surface area contributed by atoms with Crippen LogP contribution in [0.5, 0.6) is 0 Å². The van der Waals surface area contributed by atoms with Crippen molar-refractivity contribution in [2.75, 3.05) is 6.54 Å². The van der Waals surface area contributed by atoms with Gasteiger partial charge in [0, 0.05) is 12.1 Å². The first-order valence-corrected chi connectivity index (χ1v) is 8.30. The molecule has 1 unspecified atom stereocenters.